The summed E-state index contributed by atoms with van der Waals surface area (Å²) in [5.41, 5.74) is 1.26. The minimum Gasteiger partial charge on any atom is -0.337 e. The third-order valence-corrected chi connectivity index (χ3v) is 4.41. The van der Waals surface area contributed by atoms with Gasteiger partial charge in [0.15, 0.2) is 0 Å². The predicted octanol–water partition coefficient (Wildman–Crippen LogP) is 5.01. The van der Waals surface area contributed by atoms with Crippen LogP contribution in [0.4, 0.5) is 4.39 Å². The standard InChI is InChI=1S/C15H11Cl2FINO/c1-20(8-9-2-3-10(16)6-13(9)17)15(21)12-5-4-11(18)7-14(12)19/h2-7H,8H2,1H3. The van der Waals surface area contributed by atoms with Gasteiger partial charge in [0.2, 0.25) is 0 Å². The van der Waals surface area contributed by atoms with Crippen molar-refractivity contribution in [3.05, 3.63) is 67.0 Å². The van der Waals surface area contributed by atoms with E-state index in [1.54, 1.807) is 25.2 Å². The number of benzene rings is 2. The van der Waals surface area contributed by atoms with Crippen molar-refractivity contribution in [3.63, 3.8) is 0 Å². The first-order valence-corrected chi connectivity index (χ1v) is 7.86. The lowest BCUT2D eigenvalue weighted by molar-refractivity contribution is 0.0784. The van der Waals surface area contributed by atoms with Crippen LogP contribution < -0.4 is 0 Å². The average molecular weight is 438 g/mol. The van der Waals surface area contributed by atoms with Crippen LogP contribution in [0.1, 0.15) is 15.9 Å². The zero-order valence-corrected chi connectivity index (χ0v) is 14.7. The summed E-state index contributed by atoms with van der Waals surface area (Å²) in [6.07, 6.45) is 0. The number of amides is 1. The molecule has 0 saturated heterocycles. The second kappa shape index (κ2) is 6.94. The van der Waals surface area contributed by atoms with E-state index in [0.29, 0.717) is 25.7 Å². The van der Waals surface area contributed by atoms with Gasteiger partial charge < -0.3 is 4.90 Å². The van der Waals surface area contributed by atoms with Crippen molar-refractivity contribution in [1.29, 1.82) is 0 Å². The van der Waals surface area contributed by atoms with E-state index >= 15 is 0 Å². The summed E-state index contributed by atoms with van der Waals surface area (Å²) in [6, 6.07) is 9.24. The zero-order chi connectivity index (χ0) is 15.6. The second-order valence-electron chi connectivity index (χ2n) is 4.52. The largest absolute Gasteiger partial charge is 0.337 e. The number of nitrogens with zero attached hydrogens (tertiary/aromatic N) is 1. The molecule has 0 N–H and O–H groups in total. The quantitative estimate of drug-likeness (QED) is 0.618. The number of carbonyl (C=O) groups is 1. The van der Waals surface area contributed by atoms with Gasteiger partial charge in [-0.15, -0.1) is 0 Å². The monoisotopic (exact) mass is 437 g/mol. The van der Waals surface area contributed by atoms with E-state index in [0.717, 1.165) is 5.56 Å². The summed E-state index contributed by atoms with van der Waals surface area (Å²) in [5, 5.41) is 1.06. The first-order chi connectivity index (χ1) is 9.88. The maximum absolute atomic E-state index is 13.1. The van der Waals surface area contributed by atoms with Crippen LogP contribution in [0, 0.1) is 9.39 Å². The third-order valence-electron chi connectivity index (χ3n) is 2.93. The highest BCUT2D eigenvalue weighted by Gasteiger charge is 2.16. The first-order valence-electron chi connectivity index (χ1n) is 6.03. The topological polar surface area (TPSA) is 20.3 Å². The Hall–Kier alpha value is -0.850. The Morgan fingerprint density at radius 2 is 1.95 bits per heavy atom. The number of hydrogen-bond acceptors (Lipinski definition) is 1. The fourth-order valence-corrected chi connectivity index (χ4v) is 3.02. The van der Waals surface area contributed by atoms with Crippen LogP contribution in [0.5, 0.6) is 0 Å². The highest BCUT2D eigenvalue weighted by Crippen LogP contribution is 2.23. The van der Waals surface area contributed by atoms with Gasteiger partial charge >= 0.3 is 0 Å². The van der Waals surface area contributed by atoms with Crippen molar-refractivity contribution < 1.29 is 9.18 Å². The fraction of sp³-hybridized carbons (Fsp3) is 0.133. The number of rotatable bonds is 3. The van der Waals surface area contributed by atoms with Gasteiger partial charge in [0.1, 0.15) is 5.82 Å². The van der Waals surface area contributed by atoms with E-state index in [1.807, 2.05) is 22.6 Å². The van der Waals surface area contributed by atoms with Gasteiger partial charge in [0.05, 0.1) is 5.56 Å². The third kappa shape index (κ3) is 4.08. The van der Waals surface area contributed by atoms with Crippen molar-refractivity contribution in [1.82, 2.24) is 4.90 Å². The number of hydrogen-bond donors (Lipinski definition) is 0. The lowest BCUT2D eigenvalue weighted by Crippen LogP contribution is -2.27. The van der Waals surface area contributed by atoms with Crippen LogP contribution in [-0.2, 0) is 6.54 Å². The molecular weight excluding hydrogens is 427 g/mol. The molecule has 0 spiro atoms. The van der Waals surface area contributed by atoms with Crippen LogP contribution in [0.15, 0.2) is 36.4 Å². The molecule has 0 aliphatic heterocycles. The Labute approximate surface area is 146 Å². The minimum absolute atomic E-state index is 0.189. The molecule has 0 atom stereocenters. The lowest BCUT2D eigenvalue weighted by Gasteiger charge is -2.19. The minimum atomic E-state index is -0.362. The molecule has 0 radical (unpaired) electrons. The predicted molar refractivity (Wildman–Crippen MR) is 91.4 cm³/mol. The summed E-state index contributed by atoms with van der Waals surface area (Å²) in [6.45, 7) is 0.349. The van der Waals surface area contributed by atoms with Gasteiger partial charge in [0.25, 0.3) is 5.91 Å². The maximum Gasteiger partial charge on any atom is 0.254 e. The maximum atomic E-state index is 13.1. The molecule has 0 aromatic heterocycles. The molecule has 2 rings (SSSR count). The molecule has 2 aromatic carbocycles. The van der Waals surface area contributed by atoms with E-state index in [1.165, 1.54) is 23.1 Å². The van der Waals surface area contributed by atoms with Gasteiger partial charge in [0, 0.05) is 27.2 Å². The molecule has 6 heteroatoms. The zero-order valence-electron chi connectivity index (χ0n) is 11.0. The Kier molecular flexibility index (Phi) is 5.46. The molecule has 0 unspecified atom stereocenters. The van der Waals surface area contributed by atoms with Crippen molar-refractivity contribution in [2.24, 2.45) is 0 Å². The van der Waals surface area contributed by atoms with Gasteiger partial charge in [-0.25, -0.2) is 4.39 Å². The SMILES string of the molecule is CN(Cc1ccc(Cl)cc1Cl)C(=O)c1ccc(F)cc1I. The van der Waals surface area contributed by atoms with Crippen LogP contribution in [-0.4, -0.2) is 17.9 Å². The van der Waals surface area contributed by atoms with Crippen molar-refractivity contribution >= 4 is 51.7 Å². The molecule has 21 heavy (non-hydrogen) atoms. The number of carbonyl (C=O) groups excluding carboxylic acids is 1. The highest BCUT2D eigenvalue weighted by molar-refractivity contribution is 14.1. The van der Waals surface area contributed by atoms with Gasteiger partial charge in [-0.1, -0.05) is 29.3 Å². The molecule has 1 amide bonds. The van der Waals surface area contributed by atoms with Crippen LogP contribution in [0.3, 0.4) is 0 Å². The Bertz CT molecular complexity index is 693. The van der Waals surface area contributed by atoms with E-state index in [9.17, 15) is 9.18 Å². The Balaban J connectivity index is 2.19. The van der Waals surface area contributed by atoms with Gasteiger partial charge in [-0.2, -0.15) is 0 Å². The smallest absolute Gasteiger partial charge is 0.254 e. The fourth-order valence-electron chi connectivity index (χ4n) is 1.85. The normalized spacial score (nSPS) is 10.5. The Morgan fingerprint density at radius 1 is 1.24 bits per heavy atom. The summed E-state index contributed by atoms with van der Waals surface area (Å²) in [5.74, 6) is -0.551. The molecule has 0 aliphatic rings. The molecule has 0 aliphatic carbocycles. The first kappa shape index (κ1) is 16.5. The second-order valence-corrected chi connectivity index (χ2v) is 6.53. The molecular formula is C15H11Cl2FINO. The Morgan fingerprint density at radius 3 is 2.57 bits per heavy atom. The van der Waals surface area contributed by atoms with Crippen molar-refractivity contribution in [2.45, 2.75) is 6.54 Å². The summed E-state index contributed by atoms with van der Waals surface area (Å²) in [7, 11) is 1.67. The van der Waals surface area contributed by atoms with Gasteiger partial charge in [-0.05, 0) is 58.5 Å². The van der Waals surface area contributed by atoms with E-state index < -0.39 is 0 Å². The van der Waals surface area contributed by atoms with Crippen molar-refractivity contribution in [2.75, 3.05) is 7.05 Å². The molecule has 0 bridgehead atoms. The van der Waals surface area contributed by atoms with Crippen LogP contribution in [0.25, 0.3) is 0 Å². The van der Waals surface area contributed by atoms with E-state index in [-0.39, 0.29) is 11.7 Å². The molecule has 0 saturated carbocycles. The highest BCUT2D eigenvalue weighted by atomic mass is 127. The van der Waals surface area contributed by atoms with E-state index in [4.69, 9.17) is 23.2 Å². The van der Waals surface area contributed by atoms with Crippen molar-refractivity contribution in [3.8, 4) is 0 Å². The summed E-state index contributed by atoms with van der Waals surface area (Å²) in [4.78, 5) is 13.9. The number of halogens is 4. The molecule has 0 fully saturated rings. The van der Waals surface area contributed by atoms with Crippen LogP contribution >= 0.6 is 45.8 Å². The lowest BCUT2D eigenvalue weighted by atomic mass is 10.1. The molecule has 2 aromatic rings. The summed E-state index contributed by atoms with van der Waals surface area (Å²) < 4.78 is 13.7. The molecule has 0 heterocycles. The van der Waals surface area contributed by atoms with Gasteiger partial charge in [-0.3, -0.25) is 4.79 Å². The molecule has 110 valence electrons. The summed E-state index contributed by atoms with van der Waals surface area (Å²) >= 11 is 13.9. The van der Waals surface area contributed by atoms with E-state index in [2.05, 4.69) is 0 Å². The van der Waals surface area contributed by atoms with Crippen LogP contribution in [0.2, 0.25) is 10.0 Å². The average Bonchev–Trinajstić information content (AvgIpc) is 2.41. The molecule has 2 nitrogen and oxygen atoms in total.